The Morgan fingerprint density at radius 2 is 2.15 bits per heavy atom. The van der Waals surface area contributed by atoms with Gasteiger partial charge in [-0.15, -0.1) is 11.3 Å². The molecule has 1 aliphatic rings. The topological polar surface area (TPSA) is 88.7 Å². The molecular weight excluding hydrogens is 446 g/mol. The van der Waals surface area contributed by atoms with E-state index < -0.39 is 11.4 Å². The van der Waals surface area contributed by atoms with Gasteiger partial charge in [-0.2, -0.15) is 0 Å². The molecule has 7 heteroatoms. The zero-order chi connectivity index (χ0) is 24.0. The molecular formula is C27H31N3O3S. The van der Waals surface area contributed by atoms with Gasteiger partial charge in [-0.25, -0.2) is 0 Å². The fourth-order valence-corrected chi connectivity index (χ4v) is 5.36. The highest BCUT2D eigenvalue weighted by Gasteiger charge is 2.40. The molecule has 2 aromatic heterocycles. The number of nitrogens with zero attached hydrogens (tertiary/aromatic N) is 2. The number of aromatic nitrogens is 1. The number of ether oxygens (including phenoxy) is 1. The van der Waals surface area contributed by atoms with E-state index in [0.717, 1.165) is 58.6 Å². The van der Waals surface area contributed by atoms with Crippen molar-refractivity contribution >= 4 is 28.2 Å². The highest BCUT2D eigenvalue weighted by Crippen LogP contribution is 2.37. The van der Waals surface area contributed by atoms with Crippen molar-refractivity contribution in [3.05, 3.63) is 57.9 Å². The molecule has 3 aromatic rings. The lowest BCUT2D eigenvalue weighted by atomic mass is 9.74. The number of thiophene rings is 1. The predicted molar refractivity (Wildman–Crippen MR) is 136 cm³/mol. The van der Waals surface area contributed by atoms with Gasteiger partial charge in [-0.05, 0) is 72.9 Å². The van der Waals surface area contributed by atoms with Crippen LogP contribution in [0.2, 0.25) is 0 Å². The number of aryl methyl sites for hydroxylation is 1. The summed E-state index contributed by atoms with van der Waals surface area (Å²) in [7, 11) is 1.65. The van der Waals surface area contributed by atoms with E-state index in [4.69, 9.17) is 10.5 Å². The number of rotatable bonds is 8. The van der Waals surface area contributed by atoms with Crippen molar-refractivity contribution in [2.24, 2.45) is 11.1 Å². The van der Waals surface area contributed by atoms with Gasteiger partial charge in [-0.1, -0.05) is 17.9 Å². The SMILES string of the molecule is COc1ccc2ncc(CN)c(CCCC3(C(=O)O)CCN(CC#Cc4cccs4)CC3)c2c1. The first-order valence-corrected chi connectivity index (χ1v) is 12.6. The Hall–Kier alpha value is -2.92. The van der Waals surface area contributed by atoms with E-state index in [1.165, 1.54) is 0 Å². The fourth-order valence-electron chi connectivity index (χ4n) is 4.77. The molecule has 0 unspecified atom stereocenters. The molecule has 3 heterocycles. The highest BCUT2D eigenvalue weighted by atomic mass is 32.1. The van der Waals surface area contributed by atoms with E-state index in [9.17, 15) is 9.90 Å². The summed E-state index contributed by atoms with van der Waals surface area (Å²) in [6.07, 6.45) is 5.34. The van der Waals surface area contributed by atoms with E-state index in [1.807, 2.05) is 41.9 Å². The van der Waals surface area contributed by atoms with Crippen LogP contribution in [-0.4, -0.2) is 47.7 Å². The number of carboxylic acids is 1. The minimum atomic E-state index is -0.683. The van der Waals surface area contributed by atoms with Gasteiger partial charge < -0.3 is 15.6 Å². The number of piperidine rings is 1. The average molecular weight is 478 g/mol. The number of carbonyl (C=O) groups is 1. The standard InChI is InChI=1S/C27H31N3O3S/c1-33-21-8-9-25-24(17-21)23(20(18-28)19-29-25)7-2-10-27(26(31)32)11-14-30(15-12-27)13-3-5-22-6-4-16-34-22/h4,6,8-9,16-17,19H,2,7,10-15,18,28H2,1H3,(H,31,32). The number of methoxy groups -OCH3 is 1. The second kappa shape index (κ2) is 11.0. The lowest BCUT2D eigenvalue weighted by molar-refractivity contribution is -0.152. The van der Waals surface area contributed by atoms with E-state index in [0.29, 0.717) is 32.4 Å². The van der Waals surface area contributed by atoms with Gasteiger partial charge in [0.05, 0.1) is 29.5 Å². The minimum Gasteiger partial charge on any atom is -0.497 e. The van der Waals surface area contributed by atoms with Crippen LogP contribution in [0.3, 0.4) is 0 Å². The summed E-state index contributed by atoms with van der Waals surface area (Å²) in [4.78, 5) is 20.2. The van der Waals surface area contributed by atoms with E-state index in [-0.39, 0.29) is 0 Å². The second-order valence-electron chi connectivity index (χ2n) is 8.84. The second-order valence-corrected chi connectivity index (χ2v) is 9.79. The highest BCUT2D eigenvalue weighted by molar-refractivity contribution is 7.10. The molecule has 1 fully saturated rings. The number of fused-ring (bicyclic) bond motifs is 1. The first-order chi connectivity index (χ1) is 16.5. The molecule has 0 aliphatic carbocycles. The molecule has 0 radical (unpaired) electrons. The summed E-state index contributed by atoms with van der Waals surface area (Å²) in [6.45, 7) is 2.60. The lowest BCUT2D eigenvalue weighted by Gasteiger charge is -2.38. The van der Waals surface area contributed by atoms with Crippen LogP contribution in [0, 0.1) is 17.3 Å². The molecule has 1 saturated heterocycles. The lowest BCUT2D eigenvalue weighted by Crippen LogP contribution is -2.44. The molecule has 1 aliphatic heterocycles. The fraction of sp³-hybridized carbons (Fsp3) is 0.407. The summed E-state index contributed by atoms with van der Waals surface area (Å²) in [5.74, 6) is 6.51. The van der Waals surface area contributed by atoms with Crippen LogP contribution in [-0.2, 0) is 17.8 Å². The Bertz CT molecular complexity index is 1180. The molecule has 0 amide bonds. The molecule has 34 heavy (non-hydrogen) atoms. The molecule has 3 N–H and O–H groups in total. The molecule has 6 nitrogen and oxygen atoms in total. The molecule has 4 rings (SSSR count). The summed E-state index contributed by atoms with van der Waals surface area (Å²) >= 11 is 1.64. The van der Waals surface area contributed by atoms with Gasteiger partial charge in [-0.3, -0.25) is 14.7 Å². The maximum atomic E-state index is 12.3. The van der Waals surface area contributed by atoms with Gasteiger partial charge in [0.1, 0.15) is 5.75 Å². The first-order valence-electron chi connectivity index (χ1n) is 11.7. The van der Waals surface area contributed by atoms with Crippen molar-refractivity contribution in [1.29, 1.82) is 0 Å². The molecule has 0 atom stereocenters. The van der Waals surface area contributed by atoms with Gasteiger partial charge >= 0.3 is 5.97 Å². The zero-order valence-corrected chi connectivity index (χ0v) is 20.4. The van der Waals surface area contributed by atoms with Crippen molar-refractivity contribution < 1.29 is 14.6 Å². The smallest absolute Gasteiger partial charge is 0.309 e. The van der Waals surface area contributed by atoms with Crippen LogP contribution in [0.25, 0.3) is 10.9 Å². The first kappa shape index (κ1) is 24.2. The van der Waals surface area contributed by atoms with E-state index in [1.54, 1.807) is 18.4 Å². The van der Waals surface area contributed by atoms with Crippen molar-refractivity contribution in [2.45, 2.75) is 38.6 Å². The number of nitrogens with two attached hydrogens (primary N) is 1. The van der Waals surface area contributed by atoms with Crippen LogP contribution in [0.1, 0.15) is 41.7 Å². The van der Waals surface area contributed by atoms with Crippen LogP contribution in [0.5, 0.6) is 5.75 Å². The number of aliphatic carboxylic acids is 1. The maximum Gasteiger partial charge on any atom is 0.309 e. The number of hydrogen-bond donors (Lipinski definition) is 2. The summed E-state index contributed by atoms with van der Waals surface area (Å²) in [5.41, 5.74) is 8.38. The van der Waals surface area contributed by atoms with Crippen LogP contribution in [0.15, 0.2) is 41.9 Å². The van der Waals surface area contributed by atoms with E-state index in [2.05, 4.69) is 21.7 Å². The van der Waals surface area contributed by atoms with Gasteiger partial charge in [0.15, 0.2) is 0 Å². The summed E-state index contributed by atoms with van der Waals surface area (Å²) in [5, 5.41) is 13.2. The average Bonchev–Trinajstić information content (AvgIpc) is 3.38. The van der Waals surface area contributed by atoms with Gasteiger partial charge in [0.25, 0.3) is 0 Å². The Morgan fingerprint density at radius 3 is 2.82 bits per heavy atom. The zero-order valence-electron chi connectivity index (χ0n) is 19.5. The monoisotopic (exact) mass is 477 g/mol. The number of benzene rings is 1. The molecule has 0 saturated carbocycles. The number of carboxylic acid groups (broad SMARTS) is 1. The molecule has 1 aromatic carbocycles. The van der Waals surface area contributed by atoms with E-state index >= 15 is 0 Å². The van der Waals surface area contributed by atoms with Crippen molar-refractivity contribution in [3.63, 3.8) is 0 Å². The van der Waals surface area contributed by atoms with Crippen molar-refractivity contribution in [1.82, 2.24) is 9.88 Å². The van der Waals surface area contributed by atoms with Gasteiger partial charge in [0.2, 0.25) is 0 Å². The molecule has 178 valence electrons. The van der Waals surface area contributed by atoms with Crippen molar-refractivity contribution in [3.8, 4) is 17.6 Å². The molecule has 0 spiro atoms. The normalized spacial score (nSPS) is 15.6. The van der Waals surface area contributed by atoms with Crippen molar-refractivity contribution in [2.75, 3.05) is 26.7 Å². The Kier molecular flexibility index (Phi) is 7.84. The Morgan fingerprint density at radius 1 is 1.32 bits per heavy atom. The predicted octanol–water partition coefficient (Wildman–Crippen LogP) is 4.30. The third kappa shape index (κ3) is 5.41. The number of likely N-dealkylation sites (tertiary alicyclic amines) is 1. The molecule has 0 bridgehead atoms. The maximum absolute atomic E-state index is 12.3. The quantitative estimate of drug-likeness (QED) is 0.470. The Labute approximate surface area is 204 Å². The summed E-state index contributed by atoms with van der Waals surface area (Å²) < 4.78 is 5.41. The van der Waals surface area contributed by atoms with Crippen LogP contribution in [0.4, 0.5) is 0 Å². The minimum absolute atomic E-state index is 0.404. The third-order valence-corrected chi connectivity index (χ3v) is 7.67. The largest absolute Gasteiger partial charge is 0.497 e. The number of hydrogen-bond acceptors (Lipinski definition) is 6. The van der Waals surface area contributed by atoms with Crippen LogP contribution < -0.4 is 10.5 Å². The van der Waals surface area contributed by atoms with Gasteiger partial charge in [0, 0.05) is 31.2 Å². The number of pyridine rings is 1. The summed E-state index contributed by atoms with van der Waals surface area (Å²) in [6, 6.07) is 9.87. The third-order valence-electron chi connectivity index (χ3n) is 6.88. The Balaban J connectivity index is 1.41. The van der Waals surface area contributed by atoms with Crippen LogP contribution >= 0.6 is 11.3 Å².